The molecule has 4 heteroatoms. The minimum Gasteiger partial charge on any atom is -0.340 e. The molecule has 0 spiro atoms. The molecular formula is C21H22N2O2. The number of aryl methyl sites for hydroxylation is 1. The highest BCUT2D eigenvalue weighted by Crippen LogP contribution is 2.13. The van der Waals surface area contributed by atoms with Gasteiger partial charge in [0.05, 0.1) is 0 Å². The molecule has 0 saturated carbocycles. The van der Waals surface area contributed by atoms with Gasteiger partial charge in [-0.25, -0.2) is 0 Å². The van der Waals surface area contributed by atoms with E-state index in [9.17, 15) is 9.59 Å². The van der Waals surface area contributed by atoms with Gasteiger partial charge in [0, 0.05) is 16.8 Å². The Hall–Kier alpha value is -3.06. The molecule has 0 bridgehead atoms. The van der Waals surface area contributed by atoms with Gasteiger partial charge in [-0.2, -0.15) is 0 Å². The quantitative estimate of drug-likeness (QED) is 0.824. The molecule has 2 N–H and O–H groups in total. The third-order valence-electron chi connectivity index (χ3n) is 3.85. The van der Waals surface area contributed by atoms with E-state index in [4.69, 9.17) is 6.42 Å². The van der Waals surface area contributed by atoms with Gasteiger partial charge in [-0.1, -0.05) is 43.5 Å². The van der Waals surface area contributed by atoms with Crippen molar-refractivity contribution >= 4 is 17.5 Å². The van der Waals surface area contributed by atoms with Crippen LogP contribution in [0.2, 0.25) is 0 Å². The van der Waals surface area contributed by atoms with Crippen molar-refractivity contribution in [3.05, 3.63) is 65.2 Å². The van der Waals surface area contributed by atoms with Crippen LogP contribution in [0.15, 0.2) is 48.5 Å². The summed E-state index contributed by atoms with van der Waals surface area (Å²) in [4.78, 5) is 25.0. The molecule has 0 aliphatic rings. The van der Waals surface area contributed by atoms with Gasteiger partial charge in [0.1, 0.15) is 6.04 Å². The van der Waals surface area contributed by atoms with Crippen molar-refractivity contribution in [1.29, 1.82) is 0 Å². The molecular weight excluding hydrogens is 312 g/mol. The van der Waals surface area contributed by atoms with E-state index in [-0.39, 0.29) is 17.7 Å². The second-order valence-electron chi connectivity index (χ2n) is 6.28. The largest absolute Gasteiger partial charge is 0.340 e. The Balaban J connectivity index is 2.11. The highest BCUT2D eigenvalue weighted by atomic mass is 16.2. The SMILES string of the molecule is C#Cc1cccc(NC(=O)C(NC(=O)c2ccc(C)cc2)C(C)C)c1. The van der Waals surface area contributed by atoms with Gasteiger partial charge in [-0.05, 0) is 43.2 Å². The summed E-state index contributed by atoms with van der Waals surface area (Å²) in [5.41, 5.74) is 2.89. The maximum Gasteiger partial charge on any atom is 0.251 e. The summed E-state index contributed by atoms with van der Waals surface area (Å²) < 4.78 is 0. The molecule has 2 rings (SSSR count). The summed E-state index contributed by atoms with van der Waals surface area (Å²) in [5.74, 6) is 1.92. The number of benzene rings is 2. The predicted octanol–water partition coefficient (Wildman–Crippen LogP) is 3.37. The summed E-state index contributed by atoms with van der Waals surface area (Å²) in [5, 5.41) is 5.62. The number of hydrogen-bond acceptors (Lipinski definition) is 2. The Bertz CT molecular complexity index is 801. The average Bonchev–Trinajstić information content (AvgIpc) is 2.59. The normalized spacial score (nSPS) is 11.5. The zero-order valence-corrected chi connectivity index (χ0v) is 14.7. The minimum atomic E-state index is -0.650. The van der Waals surface area contributed by atoms with Crippen molar-refractivity contribution in [2.45, 2.75) is 26.8 Å². The zero-order chi connectivity index (χ0) is 18.4. The highest BCUT2D eigenvalue weighted by molar-refractivity contribution is 6.01. The van der Waals surface area contributed by atoms with Gasteiger partial charge in [-0.15, -0.1) is 6.42 Å². The van der Waals surface area contributed by atoms with Gasteiger partial charge in [-0.3, -0.25) is 9.59 Å². The predicted molar refractivity (Wildman–Crippen MR) is 100 cm³/mol. The fourth-order valence-corrected chi connectivity index (χ4v) is 2.37. The Morgan fingerprint density at radius 1 is 1.08 bits per heavy atom. The third kappa shape index (κ3) is 4.95. The molecule has 25 heavy (non-hydrogen) atoms. The zero-order valence-electron chi connectivity index (χ0n) is 14.7. The number of terminal acetylenes is 1. The van der Waals surface area contributed by atoms with Crippen LogP contribution in [0.4, 0.5) is 5.69 Å². The summed E-state index contributed by atoms with van der Waals surface area (Å²) in [6.07, 6.45) is 5.38. The van der Waals surface area contributed by atoms with Crippen LogP contribution in [-0.4, -0.2) is 17.9 Å². The van der Waals surface area contributed by atoms with Crippen LogP contribution >= 0.6 is 0 Å². The van der Waals surface area contributed by atoms with E-state index in [0.717, 1.165) is 5.56 Å². The Labute approximate surface area is 148 Å². The van der Waals surface area contributed by atoms with E-state index >= 15 is 0 Å². The van der Waals surface area contributed by atoms with Crippen molar-refractivity contribution in [1.82, 2.24) is 5.32 Å². The summed E-state index contributed by atoms with van der Waals surface area (Å²) >= 11 is 0. The van der Waals surface area contributed by atoms with E-state index in [2.05, 4.69) is 16.6 Å². The van der Waals surface area contributed by atoms with Crippen molar-refractivity contribution < 1.29 is 9.59 Å². The lowest BCUT2D eigenvalue weighted by Crippen LogP contribution is -2.47. The Kier molecular flexibility index (Phi) is 5.97. The number of amides is 2. The van der Waals surface area contributed by atoms with E-state index in [1.807, 2.05) is 32.9 Å². The first-order valence-corrected chi connectivity index (χ1v) is 8.16. The van der Waals surface area contributed by atoms with Crippen molar-refractivity contribution in [3.8, 4) is 12.3 Å². The number of rotatable bonds is 5. The highest BCUT2D eigenvalue weighted by Gasteiger charge is 2.24. The molecule has 1 unspecified atom stereocenters. The smallest absolute Gasteiger partial charge is 0.251 e. The lowest BCUT2D eigenvalue weighted by Gasteiger charge is -2.22. The Morgan fingerprint density at radius 3 is 2.36 bits per heavy atom. The standard InChI is InChI=1S/C21H22N2O2/c1-5-16-7-6-8-18(13-16)22-21(25)19(14(2)3)23-20(24)17-11-9-15(4)10-12-17/h1,6-14,19H,2-4H3,(H,22,25)(H,23,24). The maximum absolute atomic E-state index is 12.6. The fraction of sp³-hybridized carbons (Fsp3) is 0.238. The number of hydrogen-bond donors (Lipinski definition) is 2. The average molecular weight is 334 g/mol. The Morgan fingerprint density at radius 2 is 1.76 bits per heavy atom. The molecule has 4 nitrogen and oxygen atoms in total. The molecule has 2 amide bonds. The van der Waals surface area contributed by atoms with Gasteiger partial charge < -0.3 is 10.6 Å². The number of nitrogens with one attached hydrogen (secondary N) is 2. The van der Waals surface area contributed by atoms with Crippen LogP contribution in [0, 0.1) is 25.2 Å². The van der Waals surface area contributed by atoms with Crippen molar-refractivity contribution in [3.63, 3.8) is 0 Å². The van der Waals surface area contributed by atoms with Gasteiger partial charge >= 0.3 is 0 Å². The second-order valence-corrected chi connectivity index (χ2v) is 6.28. The maximum atomic E-state index is 12.6. The van der Waals surface area contributed by atoms with E-state index in [1.54, 1.807) is 36.4 Å². The number of anilines is 1. The van der Waals surface area contributed by atoms with E-state index < -0.39 is 6.04 Å². The fourth-order valence-electron chi connectivity index (χ4n) is 2.37. The lowest BCUT2D eigenvalue weighted by molar-refractivity contribution is -0.118. The lowest BCUT2D eigenvalue weighted by atomic mass is 10.0. The first-order valence-electron chi connectivity index (χ1n) is 8.16. The van der Waals surface area contributed by atoms with Crippen molar-refractivity contribution in [2.24, 2.45) is 5.92 Å². The summed E-state index contributed by atoms with van der Waals surface area (Å²) in [7, 11) is 0. The van der Waals surface area contributed by atoms with E-state index in [1.165, 1.54) is 0 Å². The van der Waals surface area contributed by atoms with Gasteiger partial charge in [0.25, 0.3) is 5.91 Å². The van der Waals surface area contributed by atoms with Crippen LogP contribution in [0.3, 0.4) is 0 Å². The van der Waals surface area contributed by atoms with Crippen LogP contribution < -0.4 is 10.6 Å². The van der Waals surface area contributed by atoms with Crippen molar-refractivity contribution in [2.75, 3.05) is 5.32 Å². The van der Waals surface area contributed by atoms with Crippen LogP contribution in [0.5, 0.6) is 0 Å². The molecule has 0 aliphatic heterocycles. The first kappa shape index (κ1) is 18.3. The van der Waals surface area contributed by atoms with Crippen LogP contribution in [-0.2, 0) is 4.79 Å². The molecule has 2 aromatic rings. The third-order valence-corrected chi connectivity index (χ3v) is 3.85. The number of carbonyl (C=O) groups is 2. The molecule has 0 saturated heterocycles. The van der Waals surface area contributed by atoms with Crippen LogP contribution in [0.1, 0.15) is 35.3 Å². The monoisotopic (exact) mass is 334 g/mol. The molecule has 0 radical (unpaired) electrons. The minimum absolute atomic E-state index is 0.0646. The van der Waals surface area contributed by atoms with Gasteiger partial charge in [0.15, 0.2) is 0 Å². The number of carbonyl (C=O) groups excluding carboxylic acids is 2. The molecule has 0 aliphatic carbocycles. The molecule has 0 aromatic heterocycles. The molecule has 128 valence electrons. The van der Waals surface area contributed by atoms with Gasteiger partial charge in [0.2, 0.25) is 5.91 Å². The molecule has 0 fully saturated rings. The second kappa shape index (κ2) is 8.16. The summed E-state index contributed by atoms with van der Waals surface area (Å²) in [6.45, 7) is 5.73. The molecule has 2 aromatic carbocycles. The molecule has 1 atom stereocenters. The first-order chi connectivity index (χ1) is 11.9. The topological polar surface area (TPSA) is 58.2 Å². The van der Waals surface area contributed by atoms with E-state index in [0.29, 0.717) is 16.8 Å². The molecule has 0 heterocycles. The van der Waals surface area contributed by atoms with Crippen LogP contribution in [0.25, 0.3) is 0 Å². The summed E-state index contributed by atoms with van der Waals surface area (Å²) in [6, 6.07) is 13.6.